The van der Waals surface area contributed by atoms with Gasteiger partial charge in [0.25, 0.3) is 0 Å². The molecule has 0 spiro atoms. The first kappa shape index (κ1) is 19.2. The number of hydrogen-bond acceptors (Lipinski definition) is 4. The van der Waals surface area contributed by atoms with Gasteiger partial charge in [-0.1, -0.05) is 13.8 Å². The Morgan fingerprint density at radius 1 is 1.33 bits per heavy atom. The van der Waals surface area contributed by atoms with Crippen molar-refractivity contribution in [3.05, 3.63) is 15.6 Å². The van der Waals surface area contributed by atoms with E-state index in [0.717, 1.165) is 29.1 Å². The number of guanidine groups is 1. The monoisotopic (exact) mass is 351 g/mol. The molecule has 2 N–H and O–H groups in total. The van der Waals surface area contributed by atoms with E-state index in [1.165, 1.54) is 37.4 Å². The maximum Gasteiger partial charge on any atom is 0.191 e. The average Bonchev–Trinajstić information content (AvgIpc) is 2.85. The van der Waals surface area contributed by atoms with E-state index in [1.807, 2.05) is 0 Å². The maximum absolute atomic E-state index is 4.73. The van der Waals surface area contributed by atoms with Crippen LogP contribution in [-0.2, 0) is 6.54 Å². The Balaban J connectivity index is 1.85. The Morgan fingerprint density at radius 2 is 2.04 bits per heavy atom. The summed E-state index contributed by atoms with van der Waals surface area (Å²) in [4.78, 5) is 13.2. The molecular formula is C18H33N5S. The Labute approximate surface area is 151 Å². The van der Waals surface area contributed by atoms with Crippen molar-refractivity contribution in [3.8, 4) is 0 Å². The van der Waals surface area contributed by atoms with Gasteiger partial charge in [0.15, 0.2) is 5.96 Å². The highest BCUT2D eigenvalue weighted by atomic mass is 32.1. The molecule has 2 heterocycles. The third-order valence-electron chi connectivity index (χ3n) is 4.34. The normalized spacial score (nSPS) is 17.5. The van der Waals surface area contributed by atoms with Crippen molar-refractivity contribution in [2.24, 2.45) is 10.9 Å². The predicted molar refractivity (Wildman–Crippen MR) is 104 cm³/mol. The zero-order chi connectivity index (χ0) is 17.5. The third kappa shape index (κ3) is 6.06. The Hall–Kier alpha value is -1.14. The van der Waals surface area contributed by atoms with Crippen molar-refractivity contribution < 1.29 is 0 Å². The highest BCUT2D eigenvalue weighted by Gasteiger charge is 2.20. The molecule has 1 aliphatic rings. The lowest BCUT2D eigenvalue weighted by Gasteiger charge is -2.34. The maximum atomic E-state index is 4.73. The molecule has 0 saturated carbocycles. The molecule has 6 heteroatoms. The van der Waals surface area contributed by atoms with E-state index in [0.29, 0.717) is 12.6 Å². The summed E-state index contributed by atoms with van der Waals surface area (Å²) in [6.07, 6.45) is 2.37. The zero-order valence-electron chi connectivity index (χ0n) is 15.9. The molecule has 136 valence electrons. The van der Waals surface area contributed by atoms with Gasteiger partial charge in [-0.05, 0) is 39.5 Å². The smallest absolute Gasteiger partial charge is 0.191 e. The molecule has 0 atom stereocenters. The fourth-order valence-electron chi connectivity index (χ4n) is 3.04. The van der Waals surface area contributed by atoms with Crippen LogP contribution in [0.15, 0.2) is 4.99 Å². The molecule has 2 rings (SSSR count). The van der Waals surface area contributed by atoms with Crippen LogP contribution >= 0.6 is 11.3 Å². The molecule has 1 aliphatic heterocycles. The number of aliphatic imine (C=N–C) groups is 1. The minimum absolute atomic E-state index is 0.519. The highest BCUT2D eigenvalue weighted by molar-refractivity contribution is 7.11. The Bertz CT molecular complexity index is 510. The van der Waals surface area contributed by atoms with Gasteiger partial charge in [0.1, 0.15) is 5.01 Å². The molecular weight excluding hydrogens is 318 g/mol. The van der Waals surface area contributed by atoms with Crippen LogP contribution in [0.5, 0.6) is 0 Å². The van der Waals surface area contributed by atoms with Crippen LogP contribution < -0.4 is 10.6 Å². The number of aryl methyl sites for hydroxylation is 2. The first-order valence-corrected chi connectivity index (χ1v) is 9.99. The van der Waals surface area contributed by atoms with Crippen LogP contribution in [0.2, 0.25) is 0 Å². The molecule has 0 unspecified atom stereocenters. The molecule has 24 heavy (non-hydrogen) atoms. The minimum Gasteiger partial charge on any atom is -0.357 e. The van der Waals surface area contributed by atoms with Gasteiger partial charge < -0.3 is 15.5 Å². The van der Waals surface area contributed by atoms with Crippen molar-refractivity contribution in [3.63, 3.8) is 0 Å². The summed E-state index contributed by atoms with van der Waals surface area (Å²) in [7, 11) is 0. The summed E-state index contributed by atoms with van der Waals surface area (Å²) < 4.78 is 0. The fraction of sp³-hybridized carbons (Fsp3) is 0.778. The first-order valence-electron chi connectivity index (χ1n) is 9.18. The predicted octanol–water partition coefficient (Wildman–Crippen LogP) is 2.94. The molecule has 0 aliphatic carbocycles. The molecule has 1 aromatic rings. The number of thiazole rings is 1. The number of rotatable bonds is 6. The lowest BCUT2D eigenvalue weighted by atomic mass is 10.0. The molecule has 1 fully saturated rings. The Kier molecular flexibility index (Phi) is 7.49. The fourth-order valence-corrected chi connectivity index (χ4v) is 3.90. The van der Waals surface area contributed by atoms with E-state index in [1.54, 1.807) is 11.3 Å². The molecule has 0 radical (unpaired) electrons. The van der Waals surface area contributed by atoms with Gasteiger partial charge in [-0.15, -0.1) is 11.3 Å². The van der Waals surface area contributed by atoms with Crippen molar-refractivity contribution in [1.29, 1.82) is 0 Å². The molecule has 5 nitrogen and oxygen atoms in total. The van der Waals surface area contributed by atoms with Crippen molar-refractivity contribution >= 4 is 17.3 Å². The standard InChI is InChI=1S/C18H33N5S/c1-6-19-18(20-11-17-21-14(4)15(5)24-17)22-16-7-9-23(10-8-16)12-13(2)3/h13,16H,6-12H2,1-5H3,(H2,19,20,22). The second-order valence-electron chi connectivity index (χ2n) is 7.06. The van der Waals surface area contributed by atoms with Crippen LogP contribution in [0.25, 0.3) is 0 Å². The van der Waals surface area contributed by atoms with Crippen LogP contribution in [0, 0.1) is 19.8 Å². The summed E-state index contributed by atoms with van der Waals surface area (Å²) in [6.45, 7) is 16.0. The lowest BCUT2D eigenvalue weighted by Crippen LogP contribution is -2.49. The van der Waals surface area contributed by atoms with Crippen molar-refractivity contribution in [2.75, 3.05) is 26.2 Å². The minimum atomic E-state index is 0.519. The number of nitrogens with zero attached hydrogens (tertiary/aromatic N) is 3. The Morgan fingerprint density at radius 3 is 2.58 bits per heavy atom. The van der Waals surface area contributed by atoms with Crippen LogP contribution in [-0.4, -0.2) is 48.1 Å². The third-order valence-corrected chi connectivity index (χ3v) is 5.40. The molecule has 1 aromatic heterocycles. The number of likely N-dealkylation sites (tertiary alicyclic amines) is 1. The van der Waals surface area contributed by atoms with E-state index in [4.69, 9.17) is 4.99 Å². The van der Waals surface area contributed by atoms with Gasteiger partial charge in [0, 0.05) is 37.1 Å². The number of aromatic nitrogens is 1. The second-order valence-corrected chi connectivity index (χ2v) is 8.35. The van der Waals surface area contributed by atoms with Gasteiger partial charge in [-0.3, -0.25) is 0 Å². The molecule has 0 bridgehead atoms. The van der Waals surface area contributed by atoms with Crippen LogP contribution in [0.1, 0.15) is 49.2 Å². The number of hydrogen-bond donors (Lipinski definition) is 2. The quantitative estimate of drug-likeness (QED) is 0.611. The number of nitrogens with one attached hydrogen (secondary N) is 2. The largest absolute Gasteiger partial charge is 0.357 e. The zero-order valence-corrected chi connectivity index (χ0v) is 16.7. The number of piperidine rings is 1. The first-order chi connectivity index (χ1) is 11.5. The van der Waals surface area contributed by atoms with Gasteiger partial charge in [-0.2, -0.15) is 0 Å². The van der Waals surface area contributed by atoms with E-state index in [9.17, 15) is 0 Å². The van der Waals surface area contributed by atoms with Gasteiger partial charge in [-0.25, -0.2) is 9.98 Å². The van der Waals surface area contributed by atoms with Gasteiger partial charge in [0.2, 0.25) is 0 Å². The summed E-state index contributed by atoms with van der Waals surface area (Å²) >= 11 is 1.75. The van der Waals surface area contributed by atoms with Gasteiger partial charge in [0.05, 0.1) is 12.2 Å². The average molecular weight is 352 g/mol. The molecule has 1 saturated heterocycles. The van der Waals surface area contributed by atoms with Crippen LogP contribution in [0.3, 0.4) is 0 Å². The van der Waals surface area contributed by atoms with Crippen LogP contribution in [0.4, 0.5) is 0 Å². The van der Waals surface area contributed by atoms with E-state index in [-0.39, 0.29) is 0 Å². The summed E-state index contributed by atoms with van der Waals surface area (Å²) in [5, 5.41) is 8.07. The van der Waals surface area contributed by atoms with E-state index < -0.39 is 0 Å². The summed E-state index contributed by atoms with van der Waals surface area (Å²) in [5.74, 6) is 1.67. The molecule has 0 amide bonds. The summed E-state index contributed by atoms with van der Waals surface area (Å²) in [5.41, 5.74) is 1.13. The molecule has 0 aromatic carbocycles. The topological polar surface area (TPSA) is 52.6 Å². The van der Waals surface area contributed by atoms with Gasteiger partial charge >= 0.3 is 0 Å². The van der Waals surface area contributed by atoms with Crippen molar-refractivity contribution in [2.45, 2.75) is 60.0 Å². The highest BCUT2D eigenvalue weighted by Crippen LogP contribution is 2.17. The van der Waals surface area contributed by atoms with E-state index in [2.05, 4.69) is 55.1 Å². The van der Waals surface area contributed by atoms with E-state index >= 15 is 0 Å². The van der Waals surface area contributed by atoms with Crippen molar-refractivity contribution in [1.82, 2.24) is 20.5 Å². The lowest BCUT2D eigenvalue weighted by molar-refractivity contribution is 0.187. The SMILES string of the molecule is CCNC(=NCc1nc(C)c(C)s1)NC1CCN(CC(C)C)CC1. The second kappa shape index (κ2) is 9.37. The summed E-state index contributed by atoms with van der Waals surface area (Å²) in [6, 6.07) is 0.519.